The van der Waals surface area contributed by atoms with E-state index < -0.39 is 17.6 Å². The molecule has 10 heteroatoms. The zero-order valence-electron chi connectivity index (χ0n) is 15.9. The highest BCUT2D eigenvalue weighted by Crippen LogP contribution is 2.29. The number of rotatable bonds is 4. The average molecular weight is 471 g/mol. The first-order valence-electron chi connectivity index (χ1n) is 8.78. The zero-order chi connectivity index (χ0) is 21.5. The van der Waals surface area contributed by atoms with E-state index in [0.29, 0.717) is 33.8 Å². The molecule has 0 fully saturated rings. The number of imidazole rings is 1. The molecule has 0 bridgehead atoms. The molecule has 3 rings (SSSR count). The van der Waals surface area contributed by atoms with Crippen LogP contribution in [0, 0.1) is 13.8 Å². The van der Waals surface area contributed by atoms with Gasteiger partial charge >= 0.3 is 6.18 Å². The Morgan fingerprint density at radius 2 is 1.79 bits per heavy atom. The fraction of sp³-hybridized carbons (Fsp3) is 0.316. The Morgan fingerprint density at radius 1 is 1.17 bits per heavy atom. The van der Waals surface area contributed by atoms with Crippen molar-refractivity contribution in [2.24, 2.45) is 0 Å². The van der Waals surface area contributed by atoms with E-state index in [1.54, 1.807) is 18.4 Å². The molecular weight excluding hydrogens is 453 g/mol. The van der Waals surface area contributed by atoms with E-state index >= 15 is 0 Å². The topological polar surface area (TPSA) is 68.4 Å². The largest absolute Gasteiger partial charge is 0.416 e. The highest BCUT2D eigenvalue weighted by atomic mass is 79.9. The monoisotopic (exact) mass is 470 g/mol. The van der Waals surface area contributed by atoms with Crippen molar-refractivity contribution >= 4 is 33.3 Å². The molecule has 29 heavy (non-hydrogen) atoms. The fourth-order valence-electron chi connectivity index (χ4n) is 3.03. The summed E-state index contributed by atoms with van der Waals surface area (Å²) in [6.45, 7) is 5.26. The molecule has 0 unspecified atom stereocenters. The number of anilines is 1. The summed E-state index contributed by atoms with van der Waals surface area (Å²) in [7, 11) is 0. The van der Waals surface area contributed by atoms with E-state index in [2.05, 4.69) is 26.2 Å². The van der Waals surface area contributed by atoms with Gasteiger partial charge in [0, 0.05) is 17.1 Å². The Hall–Kier alpha value is -2.62. The van der Waals surface area contributed by atoms with Gasteiger partial charge in [-0.3, -0.25) is 9.59 Å². The summed E-state index contributed by atoms with van der Waals surface area (Å²) < 4.78 is 41.4. The van der Waals surface area contributed by atoms with Gasteiger partial charge in [0.05, 0.1) is 11.3 Å². The first kappa shape index (κ1) is 21.1. The maximum Gasteiger partial charge on any atom is 0.416 e. The minimum atomic E-state index is -4.44. The van der Waals surface area contributed by atoms with Gasteiger partial charge in [0.15, 0.2) is 0 Å². The highest BCUT2D eigenvalue weighted by Gasteiger charge is 2.30. The third kappa shape index (κ3) is 3.93. The zero-order valence-corrected chi connectivity index (χ0v) is 17.5. The summed E-state index contributed by atoms with van der Waals surface area (Å²) in [5.74, 6) is -0.104. The number of fused-ring (bicyclic) bond motifs is 1. The highest BCUT2D eigenvalue weighted by molar-refractivity contribution is 9.10. The fourth-order valence-corrected chi connectivity index (χ4v) is 3.58. The lowest BCUT2D eigenvalue weighted by molar-refractivity contribution is -0.137. The molecule has 2 aromatic heterocycles. The van der Waals surface area contributed by atoms with Crippen molar-refractivity contribution < 1.29 is 18.0 Å². The number of benzene rings is 1. The van der Waals surface area contributed by atoms with Crippen LogP contribution in [0.3, 0.4) is 0 Å². The van der Waals surface area contributed by atoms with Crippen LogP contribution in [0.15, 0.2) is 33.5 Å². The molecule has 0 radical (unpaired) electrons. The van der Waals surface area contributed by atoms with E-state index in [1.165, 1.54) is 16.5 Å². The third-order valence-corrected chi connectivity index (χ3v) is 5.51. The maximum atomic E-state index is 12.7. The lowest BCUT2D eigenvalue weighted by atomic mass is 10.2. The van der Waals surface area contributed by atoms with Crippen molar-refractivity contribution in [1.29, 1.82) is 0 Å². The van der Waals surface area contributed by atoms with E-state index in [9.17, 15) is 22.8 Å². The smallest absolute Gasteiger partial charge is 0.325 e. The van der Waals surface area contributed by atoms with Gasteiger partial charge in [-0.05, 0) is 60.5 Å². The van der Waals surface area contributed by atoms with Crippen molar-refractivity contribution in [2.45, 2.75) is 39.9 Å². The molecule has 6 nitrogen and oxygen atoms in total. The number of aryl methyl sites for hydroxylation is 2. The average Bonchev–Trinajstić information content (AvgIpc) is 2.89. The minimum absolute atomic E-state index is 0.137. The molecule has 0 spiro atoms. The number of alkyl halides is 3. The number of nitrogens with zero attached hydrogens (tertiary/aromatic N) is 3. The molecular formula is C19H18BrF3N4O2. The van der Waals surface area contributed by atoms with Crippen LogP contribution >= 0.6 is 15.9 Å². The summed E-state index contributed by atoms with van der Waals surface area (Å²) in [5.41, 5.74) is 1.13. The normalized spacial score (nSPS) is 11.8. The quantitative estimate of drug-likeness (QED) is 0.624. The Labute approximate surface area is 172 Å². The number of carbonyl (C=O) groups is 1. The number of amides is 1. The number of nitrogens with one attached hydrogen (secondary N) is 1. The van der Waals surface area contributed by atoms with Crippen molar-refractivity contribution in [3.05, 3.63) is 61.7 Å². The van der Waals surface area contributed by atoms with Crippen LogP contribution in [0.25, 0.3) is 5.78 Å². The Balaban J connectivity index is 1.92. The van der Waals surface area contributed by atoms with Crippen LogP contribution in [0.1, 0.15) is 29.6 Å². The van der Waals surface area contributed by atoms with Gasteiger partial charge in [-0.1, -0.05) is 6.92 Å². The van der Waals surface area contributed by atoms with E-state index in [0.717, 1.165) is 12.1 Å². The van der Waals surface area contributed by atoms with Crippen LogP contribution in [0.4, 0.5) is 18.9 Å². The Bertz CT molecular complexity index is 1150. The third-order valence-electron chi connectivity index (χ3n) is 4.72. The number of aromatic nitrogens is 3. The molecule has 0 atom stereocenters. The SMILES string of the molecule is CCc1nc2n(CC(=O)Nc3ccc(C(F)(F)F)cc3)c(C)c(C)n2c(=O)c1Br. The molecule has 0 saturated carbocycles. The number of halogens is 4. The summed E-state index contributed by atoms with van der Waals surface area (Å²) in [6.07, 6.45) is -3.90. The summed E-state index contributed by atoms with van der Waals surface area (Å²) in [4.78, 5) is 29.7. The summed E-state index contributed by atoms with van der Waals surface area (Å²) >= 11 is 3.28. The predicted molar refractivity (Wildman–Crippen MR) is 106 cm³/mol. The maximum absolute atomic E-state index is 12.7. The van der Waals surface area contributed by atoms with Crippen molar-refractivity contribution in [2.75, 3.05) is 5.32 Å². The molecule has 1 amide bonds. The lowest BCUT2D eigenvalue weighted by Crippen LogP contribution is -2.22. The predicted octanol–water partition coefficient (Wildman–Crippen LogP) is 4.10. The standard InChI is InChI=1S/C19H18BrF3N4O2/c1-4-14-16(20)17(29)27-11(3)10(2)26(18(27)25-14)9-15(28)24-13-7-5-12(6-8-13)19(21,22)23/h5-8H,4,9H2,1-3H3,(H,24,28). The second-order valence-corrected chi connectivity index (χ2v) is 7.34. The molecule has 3 aromatic rings. The summed E-state index contributed by atoms with van der Waals surface area (Å²) in [6, 6.07) is 4.20. The molecule has 0 saturated heterocycles. The van der Waals surface area contributed by atoms with Gasteiger partial charge in [-0.25, -0.2) is 9.38 Å². The van der Waals surface area contributed by atoms with E-state index in [1.807, 2.05) is 6.92 Å². The van der Waals surface area contributed by atoms with E-state index in [-0.39, 0.29) is 17.8 Å². The van der Waals surface area contributed by atoms with Gasteiger partial charge in [0.2, 0.25) is 11.7 Å². The Morgan fingerprint density at radius 3 is 2.34 bits per heavy atom. The summed E-state index contributed by atoms with van der Waals surface area (Å²) in [5, 5.41) is 2.57. The first-order chi connectivity index (χ1) is 13.5. The Kier molecular flexibility index (Phi) is 5.57. The molecule has 0 aliphatic carbocycles. The van der Waals surface area contributed by atoms with Crippen LogP contribution < -0.4 is 10.9 Å². The first-order valence-corrected chi connectivity index (χ1v) is 9.57. The number of hydrogen-bond acceptors (Lipinski definition) is 3. The van der Waals surface area contributed by atoms with Gasteiger partial charge < -0.3 is 9.88 Å². The molecule has 2 heterocycles. The molecule has 1 aromatic carbocycles. The minimum Gasteiger partial charge on any atom is -0.325 e. The second kappa shape index (κ2) is 7.66. The van der Waals surface area contributed by atoms with Gasteiger partial charge in [0.25, 0.3) is 5.56 Å². The van der Waals surface area contributed by atoms with E-state index in [4.69, 9.17) is 0 Å². The number of carbonyl (C=O) groups excluding carboxylic acids is 1. The van der Waals surface area contributed by atoms with Crippen molar-refractivity contribution in [1.82, 2.24) is 14.0 Å². The van der Waals surface area contributed by atoms with Crippen molar-refractivity contribution in [3.8, 4) is 0 Å². The van der Waals surface area contributed by atoms with Gasteiger partial charge in [0.1, 0.15) is 11.0 Å². The van der Waals surface area contributed by atoms with Crippen LogP contribution in [-0.4, -0.2) is 19.9 Å². The second-order valence-electron chi connectivity index (χ2n) is 6.55. The lowest BCUT2D eigenvalue weighted by Gasteiger charge is -2.10. The molecule has 1 N–H and O–H groups in total. The van der Waals surface area contributed by atoms with Crippen LogP contribution in [-0.2, 0) is 23.9 Å². The van der Waals surface area contributed by atoms with Crippen LogP contribution in [0.2, 0.25) is 0 Å². The number of hydrogen-bond donors (Lipinski definition) is 1. The van der Waals surface area contributed by atoms with Crippen molar-refractivity contribution in [3.63, 3.8) is 0 Å². The van der Waals surface area contributed by atoms with Gasteiger partial charge in [-0.15, -0.1) is 0 Å². The molecule has 0 aliphatic heterocycles. The molecule has 0 aliphatic rings. The van der Waals surface area contributed by atoms with Gasteiger partial charge in [-0.2, -0.15) is 13.2 Å². The molecule has 154 valence electrons. The van der Waals surface area contributed by atoms with Crippen LogP contribution in [0.5, 0.6) is 0 Å².